The van der Waals surface area contributed by atoms with Gasteiger partial charge in [-0.15, -0.1) is 0 Å². The van der Waals surface area contributed by atoms with Gasteiger partial charge in [-0.2, -0.15) is 0 Å². The predicted octanol–water partition coefficient (Wildman–Crippen LogP) is 0.505. The molecule has 0 aliphatic carbocycles. The van der Waals surface area contributed by atoms with Gasteiger partial charge in [-0.25, -0.2) is 0 Å². The lowest BCUT2D eigenvalue weighted by Gasteiger charge is -2.26. The summed E-state index contributed by atoms with van der Waals surface area (Å²) in [6.45, 7) is 6.87. The number of Topliss-reactive ketones (excluding diaryl/α,β-unsaturated/α-hetero) is 1. The van der Waals surface area contributed by atoms with Crippen LogP contribution in [0.25, 0.3) is 0 Å². The fourth-order valence-electron chi connectivity index (χ4n) is 3.47. The summed E-state index contributed by atoms with van der Waals surface area (Å²) in [6.07, 6.45) is -0.357. The maximum absolute atomic E-state index is 13.1. The van der Waals surface area contributed by atoms with Crippen LogP contribution in [0, 0.1) is 5.92 Å². The SMILES string of the molecule is CCNC(=O)C(=O)[C@H](Cc1ccccc1)NC(=O)[C@H](CC(C)C)NC(O)O[C@H]1CCOC1. The molecule has 2 rings (SSSR count). The Morgan fingerprint density at radius 2 is 1.91 bits per heavy atom. The van der Waals surface area contributed by atoms with Crippen LogP contribution in [0.4, 0.5) is 0 Å². The number of rotatable bonds is 13. The normalized spacial score (nSPS) is 18.7. The summed E-state index contributed by atoms with van der Waals surface area (Å²) in [4.78, 5) is 38.0. The van der Waals surface area contributed by atoms with Gasteiger partial charge in [0.05, 0.1) is 18.8 Å². The predicted molar refractivity (Wildman–Crippen MR) is 118 cm³/mol. The van der Waals surface area contributed by atoms with Crippen molar-refractivity contribution in [2.45, 2.75) is 64.6 Å². The smallest absolute Gasteiger partial charge is 0.289 e. The maximum atomic E-state index is 13.1. The first-order valence-corrected chi connectivity index (χ1v) is 11.1. The van der Waals surface area contributed by atoms with Gasteiger partial charge in [-0.05, 0) is 31.2 Å². The third kappa shape index (κ3) is 8.66. The molecule has 178 valence electrons. The van der Waals surface area contributed by atoms with Crippen molar-refractivity contribution in [3.63, 3.8) is 0 Å². The number of hydrogen-bond donors (Lipinski definition) is 4. The monoisotopic (exact) mass is 449 g/mol. The Bertz CT molecular complexity index is 737. The van der Waals surface area contributed by atoms with E-state index in [0.717, 1.165) is 5.56 Å². The third-order valence-electron chi connectivity index (χ3n) is 5.05. The molecule has 1 aliphatic rings. The third-order valence-corrected chi connectivity index (χ3v) is 5.05. The number of ether oxygens (including phenoxy) is 2. The van der Waals surface area contributed by atoms with Crippen molar-refractivity contribution in [2.24, 2.45) is 5.92 Å². The van der Waals surface area contributed by atoms with E-state index >= 15 is 0 Å². The number of aliphatic hydroxyl groups is 1. The first kappa shape index (κ1) is 25.9. The molecule has 0 bridgehead atoms. The summed E-state index contributed by atoms with van der Waals surface area (Å²) < 4.78 is 10.7. The van der Waals surface area contributed by atoms with Crippen LogP contribution in [0.15, 0.2) is 30.3 Å². The Morgan fingerprint density at radius 1 is 1.19 bits per heavy atom. The summed E-state index contributed by atoms with van der Waals surface area (Å²) >= 11 is 0. The molecule has 2 amide bonds. The van der Waals surface area contributed by atoms with Crippen molar-refractivity contribution >= 4 is 17.6 Å². The van der Waals surface area contributed by atoms with Crippen molar-refractivity contribution < 1.29 is 29.0 Å². The Morgan fingerprint density at radius 3 is 2.50 bits per heavy atom. The fourth-order valence-corrected chi connectivity index (χ4v) is 3.47. The number of aliphatic hydroxyl groups excluding tert-OH is 1. The van der Waals surface area contributed by atoms with E-state index in [9.17, 15) is 19.5 Å². The zero-order valence-corrected chi connectivity index (χ0v) is 19.0. The number of hydrogen-bond acceptors (Lipinski definition) is 7. The lowest BCUT2D eigenvalue weighted by atomic mass is 9.99. The largest absolute Gasteiger partial charge is 0.379 e. The van der Waals surface area contributed by atoms with Crippen LogP contribution in [0.2, 0.25) is 0 Å². The number of nitrogens with one attached hydrogen (secondary N) is 3. The fraction of sp³-hybridized carbons (Fsp3) is 0.609. The highest BCUT2D eigenvalue weighted by Gasteiger charge is 2.31. The molecule has 1 aromatic carbocycles. The molecule has 1 unspecified atom stereocenters. The Kier molecular flexibility index (Phi) is 10.8. The van der Waals surface area contributed by atoms with Crippen LogP contribution in [0.5, 0.6) is 0 Å². The second-order valence-electron chi connectivity index (χ2n) is 8.30. The molecule has 1 aromatic rings. The Labute approximate surface area is 189 Å². The number of likely N-dealkylation sites (N-methyl/N-ethyl adjacent to an activating group) is 1. The van der Waals surface area contributed by atoms with Crippen LogP contribution in [0.1, 0.15) is 39.2 Å². The van der Waals surface area contributed by atoms with Crippen molar-refractivity contribution in [1.29, 1.82) is 0 Å². The van der Waals surface area contributed by atoms with Gasteiger partial charge in [0.2, 0.25) is 18.1 Å². The number of carbonyl (C=O) groups excluding carboxylic acids is 3. The highest BCUT2D eigenvalue weighted by Crippen LogP contribution is 2.12. The minimum Gasteiger partial charge on any atom is -0.379 e. The second-order valence-corrected chi connectivity index (χ2v) is 8.30. The van der Waals surface area contributed by atoms with Crippen molar-refractivity contribution in [2.75, 3.05) is 19.8 Å². The Hall–Kier alpha value is -2.33. The van der Waals surface area contributed by atoms with Gasteiger partial charge in [0, 0.05) is 19.6 Å². The maximum Gasteiger partial charge on any atom is 0.289 e. The molecule has 32 heavy (non-hydrogen) atoms. The molecular weight excluding hydrogens is 414 g/mol. The zero-order valence-electron chi connectivity index (χ0n) is 19.0. The van der Waals surface area contributed by atoms with Gasteiger partial charge in [-0.3, -0.25) is 19.7 Å². The molecule has 1 saturated heterocycles. The number of carbonyl (C=O) groups is 3. The molecule has 1 fully saturated rings. The molecule has 1 aliphatic heterocycles. The van der Waals surface area contributed by atoms with Crippen LogP contribution < -0.4 is 16.0 Å². The van der Waals surface area contributed by atoms with E-state index in [1.165, 1.54) is 0 Å². The summed E-state index contributed by atoms with van der Waals surface area (Å²) in [5, 5.41) is 18.3. The van der Waals surface area contributed by atoms with E-state index in [1.54, 1.807) is 6.92 Å². The van der Waals surface area contributed by atoms with Crippen LogP contribution in [-0.4, -0.2) is 67.1 Å². The number of amides is 2. The first-order chi connectivity index (χ1) is 15.3. The standard InChI is InChI=1S/C23H35N3O6/c1-4-24-22(29)20(27)18(13-16-8-6-5-7-9-16)25-21(28)19(12-15(2)3)26-23(30)32-17-10-11-31-14-17/h5-9,15,17-19,23,26,30H,4,10-14H2,1-3H3,(H,24,29)(H,25,28)/t17-,18-,19-,23?/m0/s1. The zero-order chi connectivity index (χ0) is 23.5. The summed E-state index contributed by atoms with van der Waals surface area (Å²) in [5.74, 6) is -1.81. The van der Waals surface area contributed by atoms with E-state index in [2.05, 4.69) is 16.0 Å². The first-order valence-electron chi connectivity index (χ1n) is 11.1. The van der Waals surface area contributed by atoms with Crippen molar-refractivity contribution in [1.82, 2.24) is 16.0 Å². The number of ketones is 1. The van der Waals surface area contributed by atoms with Gasteiger partial charge in [0.1, 0.15) is 6.04 Å². The number of benzene rings is 1. The minimum atomic E-state index is -1.36. The molecule has 4 N–H and O–H groups in total. The van der Waals surface area contributed by atoms with E-state index < -0.39 is 36.1 Å². The molecule has 0 aromatic heterocycles. The van der Waals surface area contributed by atoms with Gasteiger partial charge in [0.25, 0.3) is 5.91 Å². The molecule has 9 nitrogen and oxygen atoms in total. The van der Waals surface area contributed by atoms with Crippen molar-refractivity contribution in [3.05, 3.63) is 35.9 Å². The minimum absolute atomic E-state index is 0.131. The van der Waals surface area contributed by atoms with Gasteiger partial charge in [0.15, 0.2) is 0 Å². The molecular formula is C23H35N3O6. The highest BCUT2D eigenvalue weighted by molar-refractivity contribution is 6.38. The Balaban J connectivity index is 2.10. The van der Waals surface area contributed by atoms with Crippen LogP contribution >= 0.6 is 0 Å². The summed E-state index contributed by atoms with van der Waals surface area (Å²) in [7, 11) is 0. The lowest BCUT2D eigenvalue weighted by Crippen LogP contribution is -2.56. The molecule has 4 atom stereocenters. The van der Waals surface area contributed by atoms with Crippen LogP contribution in [-0.2, 0) is 30.3 Å². The van der Waals surface area contributed by atoms with Crippen molar-refractivity contribution in [3.8, 4) is 0 Å². The topological polar surface area (TPSA) is 126 Å². The molecule has 9 heteroatoms. The average molecular weight is 450 g/mol. The quantitative estimate of drug-likeness (QED) is 0.255. The summed E-state index contributed by atoms with van der Waals surface area (Å²) in [5.41, 5.74) is 0.813. The van der Waals surface area contributed by atoms with Gasteiger partial charge < -0.3 is 25.2 Å². The van der Waals surface area contributed by atoms with Gasteiger partial charge >= 0.3 is 0 Å². The van der Waals surface area contributed by atoms with Gasteiger partial charge in [-0.1, -0.05) is 44.2 Å². The van der Waals surface area contributed by atoms with Crippen LogP contribution in [0.3, 0.4) is 0 Å². The van der Waals surface area contributed by atoms with E-state index in [-0.39, 0.29) is 18.4 Å². The molecule has 0 radical (unpaired) electrons. The highest BCUT2D eigenvalue weighted by atomic mass is 16.6. The molecule has 1 heterocycles. The second kappa shape index (κ2) is 13.3. The average Bonchev–Trinajstić information content (AvgIpc) is 3.25. The van der Waals surface area contributed by atoms with E-state index in [1.807, 2.05) is 44.2 Å². The molecule has 0 saturated carbocycles. The lowest BCUT2D eigenvalue weighted by molar-refractivity contribution is -0.162. The molecule has 0 spiro atoms. The van der Waals surface area contributed by atoms with E-state index in [0.29, 0.717) is 32.6 Å². The summed E-state index contributed by atoms with van der Waals surface area (Å²) in [6, 6.07) is 7.32. The van der Waals surface area contributed by atoms with E-state index in [4.69, 9.17) is 9.47 Å².